The van der Waals surface area contributed by atoms with E-state index in [1.165, 1.54) is 40.2 Å². The van der Waals surface area contributed by atoms with Crippen LogP contribution in [-0.2, 0) is 26.1 Å². The number of rotatable bonds is 7. The smallest absolute Gasteiger partial charge is 0.326 e. The summed E-state index contributed by atoms with van der Waals surface area (Å²) in [6, 6.07) is 8.52. The molecule has 0 saturated carbocycles. The Labute approximate surface area is 211 Å². The van der Waals surface area contributed by atoms with Crippen LogP contribution in [0.15, 0.2) is 46.3 Å². The highest BCUT2D eigenvalue weighted by Crippen LogP contribution is 2.32. The fourth-order valence-corrected chi connectivity index (χ4v) is 6.05. The lowest BCUT2D eigenvalue weighted by atomic mass is 10.2. The quantitative estimate of drug-likeness (QED) is 0.412. The number of thiazole rings is 1. The largest absolute Gasteiger partial charge is 0.465 e. The highest BCUT2D eigenvalue weighted by Gasteiger charge is 2.23. The maximum absolute atomic E-state index is 12.9. The highest BCUT2D eigenvalue weighted by atomic mass is 35.5. The summed E-state index contributed by atoms with van der Waals surface area (Å²) < 4.78 is 33.7. The molecule has 1 aromatic heterocycles. The number of ether oxygens (including phenoxy) is 1. The molecule has 0 fully saturated rings. The summed E-state index contributed by atoms with van der Waals surface area (Å²) in [7, 11) is -2.19. The Morgan fingerprint density at radius 2 is 1.74 bits per heavy atom. The number of carbonyl (C=O) groups excluding carboxylic acids is 2. The Bertz CT molecular complexity index is 1410. The SMILES string of the molecule is CCOC(=O)Cn1c(=NC(=O)c2ccc(S(=O)(=O)N(C)C(C)C)cc2)sc2c(Cl)ccc(Cl)c21. The second-order valence-corrected chi connectivity index (χ2v) is 11.3. The molecule has 8 nitrogen and oxygen atoms in total. The topological polar surface area (TPSA) is 98.0 Å². The van der Waals surface area contributed by atoms with Crippen molar-refractivity contribution >= 4 is 66.7 Å². The first-order valence-electron chi connectivity index (χ1n) is 10.3. The zero-order chi connectivity index (χ0) is 25.2. The van der Waals surface area contributed by atoms with Gasteiger partial charge in [0.1, 0.15) is 6.54 Å². The van der Waals surface area contributed by atoms with Gasteiger partial charge in [-0.2, -0.15) is 9.30 Å². The molecule has 0 spiro atoms. The van der Waals surface area contributed by atoms with Crippen molar-refractivity contribution in [3.05, 3.63) is 56.8 Å². The molecule has 3 aromatic rings. The van der Waals surface area contributed by atoms with Gasteiger partial charge in [-0.25, -0.2) is 8.42 Å². The van der Waals surface area contributed by atoms with Gasteiger partial charge in [0, 0.05) is 18.7 Å². The Balaban J connectivity index is 2.05. The molecule has 0 atom stereocenters. The number of halogens is 2. The summed E-state index contributed by atoms with van der Waals surface area (Å²) in [6.07, 6.45) is 0. The van der Waals surface area contributed by atoms with Crippen LogP contribution in [0.2, 0.25) is 10.0 Å². The van der Waals surface area contributed by atoms with Gasteiger partial charge in [-0.3, -0.25) is 9.59 Å². The van der Waals surface area contributed by atoms with Gasteiger partial charge < -0.3 is 9.30 Å². The highest BCUT2D eigenvalue weighted by molar-refractivity contribution is 7.89. The minimum absolute atomic E-state index is 0.0676. The van der Waals surface area contributed by atoms with Gasteiger partial charge in [-0.15, -0.1) is 0 Å². The number of hydrogen-bond donors (Lipinski definition) is 0. The first kappa shape index (κ1) is 26.4. The van der Waals surface area contributed by atoms with E-state index in [2.05, 4.69) is 4.99 Å². The van der Waals surface area contributed by atoms with Gasteiger partial charge >= 0.3 is 5.97 Å². The van der Waals surface area contributed by atoms with E-state index in [0.29, 0.717) is 20.3 Å². The second-order valence-electron chi connectivity index (χ2n) is 7.54. The van der Waals surface area contributed by atoms with E-state index >= 15 is 0 Å². The zero-order valence-electron chi connectivity index (χ0n) is 18.9. The maximum Gasteiger partial charge on any atom is 0.326 e. The normalized spacial score (nSPS) is 12.6. The predicted molar refractivity (Wildman–Crippen MR) is 133 cm³/mol. The van der Waals surface area contributed by atoms with E-state index in [0.717, 1.165) is 11.3 Å². The van der Waals surface area contributed by atoms with Crippen LogP contribution in [-0.4, -0.2) is 48.9 Å². The molecule has 1 amide bonds. The third kappa shape index (κ3) is 5.36. The number of fused-ring (bicyclic) bond motifs is 1. The molecule has 182 valence electrons. The van der Waals surface area contributed by atoms with Crippen LogP contribution in [0.5, 0.6) is 0 Å². The molecule has 0 radical (unpaired) electrons. The summed E-state index contributed by atoms with van der Waals surface area (Å²) >= 11 is 13.8. The van der Waals surface area contributed by atoms with Crippen molar-refractivity contribution in [1.29, 1.82) is 0 Å². The van der Waals surface area contributed by atoms with Crippen LogP contribution < -0.4 is 4.80 Å². The first-order chi connectivity index (χ1) is 16.0. The van der Waals surface area contributed by atoms with E-state index in [1.807, 2.05) is 0 Å². The van der Waals surface area contributed by atoms with Crippen LogP contribution in [0.25, 0.3) is 10.2 Å². The number of amides is 1. The molecule has 0 aliphatic carbocycles. The van der Waals surface area contributed by atoms with Gasteiger partial charge in [-0.05, 0) is 57.2 Å². The Morgan fingerprint density at radius 3 is 2.32 bits per heavy atom. The minimum Gasteiger partial charge on any atom is -0.465 e. The van der Waals surface area contributed by atoms with Crippen LogP contribution >= 0.6 is 34.5 Å². The number of hydrogen-bond acceptors (Lipinski definition) is 6. The number of carbonyl (C=O) groups is 2. The predicted octanol–water partition coefficient (Wildman–Crippen LogP) is 4.34. The molecule has 0 saturated heterocycles. The fourth-order valence-electron chi connectivity index (χ4n) is 3.04. The second kappa shape index (κ2) is 10.6. The molecule has 0 N–H and O–H groups in total. The summed E-state index contributed by atoms with van der Waals surface area (Å²) in [5.74, 6) is -1.13. The zero-order valence-corrected chi connectivity index (χ0v) is 22.1. The van der Waals surface area contributed by atoms with Crippen LogP contribution in [0.3, 0.4) is 0 Å². The summed E-state index contributed by atoms with van der Waals surface area (Å²) in [5.41, 5.74) is 0.653. The average molecular weight is 544 g/mol. The van der Waals surface area contributed by atoms with Crippen molar-refractivity contribution in [2.45, 2.75) is 38.3 Å². The Morgan fingerprint density at radius 1 is 1.12 bits per heavy atom. The monoisotopic (exact) mass is 543 g/mol. The fraction of sp³-hybridized carbons (Fsp3) is 0.318. The van der Waals surface area contributed by atoms with E-state index in [-0.39, 0.29) is 34.5 Å². The summed E-state index contributed by atoms with van der Waals surface area (Å²) in [6.45, 7) is 5.21. The van der Waals surface area contributed by atoms with Gasteiger partial charge in [0.25, 0.3) is 5.91 Å². The number of sulfonamides is 1. The number of aromatic nitrogens is 1. The average Bonchev–Trinajstić information content (AvgIpc) is 3.14. The summed E-state index contributed by atoms with van der Waals surface area (Å²) in [4.78, 5) is 29.6. The minimum atomic E-state index is -3.68. The van der Waals surface area contributed by atoms with Crippen LogP contribution in [0.1, 0.15) is 31.1 Å². The van der Waals surface area contributed by atoms with Crippen molar-refractivity contribution in [3.63, 3.8) is 0 Å². The van der Waals surface area contributed by atoms with Gasteiger partial charge in [0.2, 0.25) is 10.0 Å². The third-order valence-corrected chi connectivity index (χ3v) is 8.92. The van der Waals surface area contributed by atoms with Crippen molar-refractivity contribution in [3.8, 4) is 0 Å². The number of benzene rings is 2. The van der Waals surface area contributed by atoms with E-state index in [9.17, 15) is 18.0 Å². The maximum atomic E-state index is 12.9. The van der Waals surface area contributed by atoms with Gasteiger partial charge in [0.15, 0.2) is 4.80 Å². The Hall–Kier alpha value is -2.24. The van der Waals surface area contributed by atoms with Crippen molar-refractivity contribution in [2.75, 3.05) is 13.7 Å². The van der Waals surface area contributed by atoms with Crippen LogP contribution in [0, 0.1) is 0 Å². The Kier molecular flexibility index (Phi) is 8.20. The lowest BCUT2D eigenvalue weighted by Gasteiger charge is -2.20. The molecule has 3 rings (SSSR count). The number of esters is 1. The van der Waals surface area contributed by atoms with Crippen molar-refractivity contribution < 1.29 is 22.7 Å². The van der Waals surface area contributed by atoms with E-state index < -0.39 is 21.9 Å². The molecule has 0 aliphatic heterocycles. The molecule has 1 heterocycles. The third-order valence-electron chi connectivity index (χ3n) is 5.02. The molecule has 0 aliphatic rings. The van der Waals surface area contributed by atoms with E-state index in [1.54, 1.807) is 32.9 Å². The molecular weight excluding hydrogens is 521 g/mol. The molecule has 0 unspecified atom stereocenters. The molecular formula is C22H23Cl2N3O5S2. The molecule has 12 heteroatoms. The van der Waals surface area contributed by atoms with Crippen molar-refractivity contribution in [1.82, 2.24) is 8.87 Å². The van der Waals surface area contributed by atoms with Gasteiger partial charge in [-0.1, -0.05) is 34.5 Å². The first-order valence-corrected chi connectivity index (χ1v) is 13.3. The lowest BCUT2D eigenvalue weighted by molar-refractivity contribution is -0.143. The summed E-state index contributed by atoms with van der Waals surface area (Å²) in [5, 5.41) is 0.748. The lowest BCUT2D eigenvalue weighted by Crippen LogP contribution is -2.33. The van der Waals surface area contributed by atoms with E-state index in [4.69, 9.17) is 27.9 Å². The number of nitrogens with zero attached hydrogens (tertiary/aromatic N) is 3. The molecule has 0 bridgehead atoms. The van der Waals surface area contributed by atoms with Gasteiger partial charge in [0.05, 0.1) is 31.8 Å². The molecule has 34 heavy (non-hydrogen) atoms. The van der Waals surface area contributed by atoms with Crippen molar-refractivity contribution in [2.24, 2.45) is 4.99 Å². The van der Waals surface area contributed by atoms with Crippen LogP contribution in [0.4, 0.5) is 0 Å². The molecule has 2 aromatic carbocycles. The standard InChI is InChI=1S/C22H23Cl2N3O5S2/c1-5-32-18(28)12-27-19-16(23)10-11-17(24)20(19)33-22(27)25-21(29)14-6-8-15(9-7-14)34(30,31)26(4)13(2)3/h6-11,13H,5,12H2,1-4H3.